The van der Waals surface area contributed by atoms with Gasteiger partial charge in [0.1, 0.15) is 6.33 Å². The summed E-state index contributed by atoms with van der Waals surface area (Å²) in [6.07, 6.45) is 1.41. The molecule has 94 valence electrons. The van der Waals surface area contributed by atoms with E-state index >= 15 is 0 Å². The number of aromatic nitrogens is 3. The van der Waals surface area contributed by atoms with Crippen LogP contribution < -0.4 is 15.1 Å². The molecule has 0 saturated heterocycles. The van der Waals surface area contributed by atoms with E-state index in [0.29, 0.717) is 11.9 Å². The summed E-state index contributed by atoms with van der Waals surface area (Å²) in [7, 11) is 3.17. The number of anilines is 2. The van der Waals surface area contributed by atoms with Crippen LogP contribution in [0.5, 0.6) is 0 Å². The van der Waals surface area contributed by atoms with Crippen LogP contribution in [0.25, 0.3) is 0 Å². The van der Waals surface area contributed by atoms with Gasteiger partial charge in [-0.3, -0.25) is 4.90 Å². The van der Waals surface area contributed by atoms with E-state index in [1.54, 1.807) is 14.1 Å². The second-order valence-electron chi connectivity index (χ2n) is 3.37. The van der Waals surface area contributed by atoms with Crippen molar-refractivity contribution < 1.29 is 4.79 Å². The first-order chi connectivity index (χ1) is 8.13. The first kappa shape index (κ1) is 13.1. The lowest BCUT2D eigenvalue weighted by Gasteiger charge is -2.20. The first-order valence-corrected chi connectivity index (χ1v) is 5.53. The molecule has 1 rings (SSSR count). The first-order valence-electron chi connectivity index (χ1n) is 5.53. The van der Waals surface area contributed by atoms with E-state index in [0.717, 1.165) is 13.1 Å². The molecule has 0 aliphatic heterocycles. The highest BCUT2D eigenvalue weighted by Crippen LogP contribution is 2.10. The zero-order valence-corrected chi connectivity index (χ0v) is 10.6. The van der Waals surface area contributed by atoms with E-state index in [1.165, 1.54) is 11.2 Å². The molecule has 17 heavy (non-hydrogen) atoms. The quantitative estimate of drug-likeness (QED) is 0.826. The molecule has 1 aromatic rings. The van der Waals surface area contributed by atoms with Gasteiger partial charge in [0, 0.05) is 27.2 Å². The monoisotopic (exact) mass is 238 g/mol. The third kappa shape index (κ3) is 3.02. The number of nitrogens with one attached hydrogen (secondary N) is 1. The summed E-state index contributed by atoms with van der Waals surface area (Å²) in [5, 5.41) is 2.51. The Balaban J connectivity index is 2.96. The Morgan fingerprint density at radius 2 is 1.88 bits per heavy atom. The van der Waals surface area contributed by atoms with E-state index in [2.05, 4.69) is 20.3 Å². The molecule has 0 atom stereocenters. The van der Waals surface area contributed by atoms with Gasteiger partial charge >= 0.3 is 6.03 Å². The summed E-state index contributed by atoms with van der Waals surface area (Å²) in [6.45, 7) is 5.66. The molecule has 1 heterocycles. The average Bonchev–Trinajstić information content (AvgIpc) is 2.38. The Morgan fingerprint density at radius 1 is 1.29 bits per heavy atom. The van der Waals surface area contributed by atoms with Crippen LogP contribution in [0.4, 0.5) is 16.7 Å². The van der Waals surface area contributed by atoms with E-state index in [9.17, 15) is 4.79 Å². The second kappa shape index (κ2) is 5.97. The Hall–Kier alpha value is -1.92. The van der Waals surface area contributed by atoms with Crippen molar-refractivity contribution in [3.63, 3.8) is 0 Å². The van der Waals surface area contributed by atoms with Crippen molar-refractivity contribution in [3.8, 4) is 0 Å². The number of hydrogen-bond acceptors (Lipinski definition) is 5. The maximum Gasteiger partial charge on any atom is 0.323 e. The van der Waals surface area contributed by atoms with Crippen LogP contribution in [0.15, 0.2) is 6.33 Å². The van der Waals surface area contributed by atoms with Gasteiger partial charge in [-0.25, -0.2) is 14.8 Å². The lowest BCUT2D eigenvalue weighted by Crippen LogP contribution is -2.36. The van der Waals surface area contributed by atoms with E-state index < -0.39 is 0 Å². The van der Waals surface area contributed by atoms with Crippen molar-refractivity contribution in [1.82, 2.24) is 20.3 Å². The number of carbonyl (C=O) groups is 1. The van der Waals surface area contributed by atoms with Gasteiger partial charge in [-0.1, -0.05) is 0 Å². The highest BCUT2D eigenvalue weighted by molar-refractivity contribution is 5.89. The molecule has 0 aromatic carbocycles. The maximum absolute atomic E-state index is 11.4. The van der Waals surface area contributed by atoms with Gasteiger partial charge in [-0.15, -0.1) is 0 Å². The number of carbonyl (C=O) groups excluding carboxylic acids is 1. The van der Waals surface area contributed by atoms with Crippen LogP contribution >= 0.6 is 0 Å². The van der Waals surface area contributed by atoms with E-state index in [1.807, 2.05) is 18.7 Å². The summed E-state index contributed by atoms with van der Waals surface area (Å²) in [6, 6.07) is -0.262. The van der Waals surface area contributed by atoms with Gasteiger partial charge in [0.25, 0.3) is 0 Å². The zero-order chi connectivity index (χ0) is 12.8. The molecule has 7 nitrogen and oxygen atoms in total. The van der Waals surface area contributed by atoms with Crippen LogP contribution in [0, 0.1) is 0 Å². The Morgan fingerprint density at radius 3 is 2.41 bits per heavy atom. The molecule has 0 unspecified atom stereocenters. The number of hydrogen-bond donors (Lipinski definition) is 1. The maximum atomic E-state index is 11.4. The Bertz CT molecular complexity index is 379. The minimum Gasteiger partial charge on any atom is -0.341 e. The summed E-state index contributed by atoms with van der Waals surface area (Å²) in [4.78, 5) is 27.1. The summed E-state index contributed by atoms with van der Waals surface area (Å²) < 4.78 is 0. The molecule has 0 aliphatic carbocycles. The molecule has 7 heteroatoms. The van der Waals surface area contributed by atoms with Crippen LogP contribution in [0.1, 0.15) is 13.8 Å². The van der Waals surface area contributed by atoms with Crippen molar-refractivity contribution in [2.45, 2.75) is 13.8 Å². The van der Waals surface area contributed by atoms with Gasteiger partial charge in [0.2, 0.25) is 11.9 Å². The molecule has 0 fully saturated rings. The lowest BCUT2D eigenvalue weighted by atomic mass is 10.5. The highest BCUT2D eigenvalue weighted by Gasteiger charge is 2.14. The normalized spacial score (nSPS) is 9.88. The molecule has 0 spiro atoms. The summed E-state index contributed by atoms with van der Waals surface area (Å²) in [5.74, 6) is 0.914. The molecule has 1 N–H and O–H groups in total. The van der Waals surface area contributed by atoms with Crippen LogP contribution in [0.2, 0.25) is 0 Å². The number of amides is 2. The molecule has 0 aliphatic rings. The van der Waals surface area contributed by atoms with Crippen molar-refractivity contribution in [3.05, 3.63) is 6.33 Å². The second-order valence-corrected chi connectivity index (χ2v) is 3.37. The fraction of sp³-hybridized carbons (Fsp3) is 0.600. The Labute approximate surface area is 101 Å². The van der Waals surface area contributed by atoms with Gasteiger partial charge < -0.3 is 10.2 Å². The van der Waals surface area contributed by atoms with E-state index in [4.69, 9.17) is 0 Å². The fourth-order valence-electron chi connectivity index (χ4n) is 1.36. The predicted molar refractivity (Wildman–Crippen MR) is 66.2 cm³/mol. The van der Waals surface area contributed by atoms with Crippen LogP contribution in [-0.4, -0.2) is 48.2 Å². The molecule has 1 aromatic heterocycles. The SMILES string of the molecule is CCN(CC)c1ncnc(N(C)C(=O)NC)n1. The minimum absolute atomic E-state index is 0.262. The van der Waals surface area contributed by atoms with Crippen molar-refractivity contribution in [2.24, 2.45) is 0 Å². The fourth-order valence-corrected chi connectivity index (χ4v) is 1.36. The predicted octanol–water partition coefficient (Wildman–Crippen LogP) is 0.493. The third-order valence-electron chi connectivity index (χ3n) is 2.41. The summed E-state index contributed by atoms with van der Waals surface area (Å²) >= 11 is 0. The van der Waals surface area contributed by atoms with Gasteiger partial charge in [0.05, 0.1) is 0 Å². The van der Waals surface area contributed by atoms with Crippen LogP contribution in [-0.2, 0) is 0 Å². The molecule has 0 radical (unpaired) electrons. The smallest absolute Gasteiger partial charge is 0.323 e. The minimum atomic E-state index is -0.262. The molecule has 0 bridgehead atoms. The van der Waals surface area contributed by atoms with E-state index in [-0.39, 0.29) is 6.03 Å². The Kier molecular flexibility index (Phi) is 4.62. The topological polar surface area (TPSA) is 74.2 Å². The largest absolute Gasteiger partial charge is 0.341 e. The van der Waals surface area contributed by atoms with Crippen molar-refractivity contribution in [2.75, 3.05) is 37.0 Å². The average molecular weight is 238 g/mol. The van der Waals surface area contributed by atoms with Gasteiger partial charge in [0.15, 0.2) is 0 Å². The molecular weight excluding hydrogens is 220 g/mol. The third-order valence-corrected chi connectivity index (χ3v) is 2.41. The van der Waals surface area contributed by atoms with Crippen molar-refractivity contribution in [1.29, 1.82) is 0 Å². The van der Waals surface area contributed by atoms with Gasteiger partial charge in [-0.05, 0) is 13.8 Å². The van der Waals surface area contributed by atoms with Crippen molar-refractivity contribution >= 4 is 17.9 Å². The molecular formula is C10H18N6O. The zero-order valence-electron chi connectivity index (χ0n) is 10.6. The van der Waals surface area contributed by atoms with Crippen LogP contribution in [0.3, 0.4) is 0 Å². The molecule has 0 saturated carbocycles. The standard InChI is InChI=1S/C10H18N6O/c1-5-16(6-2)9-13-7-12-8(14-9)15(4)10(17)11-3/h7H,5-6H2,1-4H3,(H,11,17). The number of rotatable bonds is 4. The van der Waals surface area contributed by atoms with Gasteiger partial charge in [-0.2, -0.15) is 4.98 Å². The number of nitrogens with zero attached hydrogens (tertiary/aromatic N) is 5. The highest BCUT2D eigenvalue weighted by atomic mass is 16.2. The lowest BCUT2D eigenvalue weighted by molar-refractivity contribution is 0.249. The summed E-state index contributed by atoms with van der Waals surface area (Å²) in [5.41, 5.74) is 0. The molecule has 2 amide bonds. The number of urea groups is 1.